The molecule has 0 bridgehead atoms. The number of nitrogens with one attached hydrogen (secondary N) is 2. The lowest BCUT2D eigenvalue weighted by Crippen LogP contribution is -2.47. The van der Waals surface area contributed by atoms with E-state index >= 15 is 0 Å². The van der Waals surface area contributed by atoms with Crippen molar-refractivity contribution in [2.45, 2.75) is 43.7 Å². The molecule has 3 rings (SSSR count). The number of hydrogen-bond acceptors (Lipinski definition) is 6. The Morgan fingerprint density at radius 1 is 1.52 bits per heavy atom. The molecule has 164 valence electrons. The smallest absolute Gasteiger partial charge is 0.475 e. The molecule has 2 fully saturated rings. The van der Waals surface area contributed by atoms with E-state index in [1.54, 1.807) is 13.4 Å². The third kappa shape index (κ3) is 7.29. The van der Waals surface area contributed by atoms with Crippen LogP contribution >= 0.6 is 0 Å². The highest BCUT2D eigenvalue weighted by molar-refractivity contribution is 5.76. The molecule has 0 saturated carbocycles. The van der Waals surface area contributed by atoms with Gasteiger partial charge >= 0.3 is 12.1 Å². The Balaban J connectivity index is 0.000000370. The fraction of sp³-hybridized carbons (Fsp3) is 0.706. The van der Waals surface area contributed by atoms with Crippen molar-refractivity contribution in [2.24, 2.45) is 0 Å². The van der Waals surface area contributed by atoms with Gasteiger partial charge in [-0.2, -0.15) is 13.2 Å². The van der Waals surface area contributed by atoms with Crippen LogP contribution < -0.4 is 5.32 Å². The quantitative estimate of drug-likeness (QED) is 0.646. The molecule has 2 atom stereocenters. The summed E-state index contributed by atoms with van der Waals surface area (Å²) in [7, 11) is 1.62. The monoisotopic (exact) mass is 422 g/mol. The number of piperidine rings is 1. The van der Waals surface area contributed by atoms with Crippen molar-refractivity contribution in [3.05, 3.63) is 18.2 Å². The lowest BCUT2D eigenvalue weighted by molar-refractivity contribution is -0.192. The van der Waals surface area contributed by atoms with Gasteiger partial charge in [0.1, 0.15) is 6.61 Å². The van der Waals surface area contributed by atoms with Crippen molar-refractivity contribution in [3.8, 4) is 0 Å². The molecule has 0 aromatic carbocycles. The zero-order valence-corrected chi connectivity index (χ0v) is 16.0. The number of nitrogens with zero attached hydrogens (tertiary/aromatic N) is 2. The predicted octanol–water partition coefficient (Wildman–Crippen LogP) is 0.929. The number of carboxylic acids is 1. The van der Waals surface area contributed by atoms with E-state index in [-0.39, 0.29) is 24.2 Å². The van der Waals surface area contributed by atoms with Crippen LogP contribution in [0.25, 0.3) is 0 Å². The van der Waals surface area contributed by atoms with Crippen molar-refractivity contribution < 1.29 is 37.3 Å². The fourth-order valence-electron chi connectivity index (χ4n) is 3.40. The first-order chi connectivity index (χ1) is 13.6. The van der Waals surface area contributed by atoms with Gasteiger partial charge in [0.25, 0.3) is 0 Å². The van der Waals surface area contributed by atoms with Crippen molar-refractivity contribution in [3.63, 3.8) is 0 Å². The summed E-state index contributed by atoms with van der Waals surface area (Å²) in [5, 5.41) is 9.69. The highest BCUT2D eigenvalue weighted by atomic mass is 19.4. The minimum Gasteiger partial charge on any atom is -0.475 e. The maximum atomic E-state index is 11.3. The van der Waals surface area contributed by atoms with Gasteiger partial charge in [-0.1, -0.05) is 0 Å². The summed E-state index contributed by atoms with van der Waals surface area (Å²) in [4.78, 5) is 29.8. The number of imidazole rings is 1. The third-order valence-electron chi connectivity index (χ3n) is 4.71. The van der Waals surface area contributed by atoms with Crippen molar-refractivity contribution in [1.82, 2.24) is 20.2 Å². The number of ether oxygens (including phenoxy) is 2. The molecule has 0 aliphatic carbocycles. The Labute approximate surface area is 165 Å². The minimum absolute atomic E-state index is 0.0180. The molecule has 12 heteroatoms. The Bertz CT molecular complexity index is 671. The van der Waals surface area contributed by atoms with E-state index in [0.717, 1.165) is 44.6 Å². The number of carbonyl (C=O) groups excluding carboxylic acids is 1. The molecular formula is C17H25F3N4O5. The Kier molecular flexibility index (Phi) is 7.99. The van der Waals surface area contributed by atoms with Crippen LogP contribution in [0.2, 0.25) is 0 Å². The lowest BCUT2D eigenvalue weighted by Gasteiger charge is -2.39. The van der Waals surface area contributed by atoms with Gasteiger partial charge in [0.15, 0.2) is 0 Å². The molecule has 9 nitrogen and oxygen atoms in total. The van der Waals surface area contributed by atoms with Crippen LogP contribution in [0.3, 0.4) is 0 Å². The maximum Gasteiger partial charge on any atom is 0.490 e. The summed E-state index contributed by atoms with van der Waals surface area (Å²) >= 11 is 0. The molecule has 2 unspecified atom stereocenters. The van der Waals surface area contributed by atoms with Gasteiger partial charge in [0.05, 0.1) is 24.6 Å². The number of rotatable bonds is 5. The first-order valence-corrected chi connectivity index (χ1v) is 9.09. The zero-order valence-electron chi connectivity index (χ0n) is 16.0. The summed E-state index contributed by atoms with van der Waals surface area (Å²) < 4.78 is 43.5. The predicted molar refractivity (Wildman–Crippen MR) is 93.9 cm³/mol. The standard InChI is InChI=1S/C15H24N4O3.C2HF3O2/c1-16-14(20)9-21-13-5-15(22-8-13)3-2-4-19(10-15)7-12-6-17-11-18-12;3-2(4,5)1(6)7/h6,11,13H,2-5,7-10H2,1H3,(H,16,20)(H,17,18);(H,6,7). The number of carboxylic acid groups (broad SMARTS) is 1. The second-order valence-electron chi connectivity index (χ2n) is 7.00. The number of alkyl halides is 3. The van der Waals surface area contributed by atoms with E-state index in [0.29, 0.717) is 6.61 Å². The molecule has 3 heterocycles. The van der Waals surface area contributed by atoms with Gasteiger partial charge in [-0.15, -0.1) is 0 Å². The fourth-order valence-corrected chi connectivity index (χ4v) is 3.40. The van der Waals surface area contributed by atoms with Gasteiger partial charge in [-0.05, 0) is 19.4 Å². The van der Waals surface area contributed by atoms with Crippen LogP contribution in [-0.4, -0.2) is 83.1 Å². The number of halogens is 3. The number of aromatic nitrogens is 2. The second kappa shape index (κ2) is 10.0. The van der Waals surface area contributed by atoms with Crippen molar-refractivity contribution >= 4 is 11.9 Å². The largest absolute Gasteiger partial charge is 0.490 e. The highest BCUT2D eigenvalue weighted by Crippen LogP contribution is 2.36. The molecule has 1 spiro atoms. The average molecular weight is 422 g/mol. The van der Waals surface area contributed by atoms with Crippen molar-refractivity contribution in [2.75, 3.05) is 33.4 Å². The Morgan fingerprint density at radius 2 is 2.24 bits per heavy atom. The van der Waals surface area contributed by atoms with Crippen LogP contribution in [0, 0.1) is 0 Å². The first kappa shape index (κ1) is 23.1. The van der Waals surface area contributed by atoms with E-state index in [2.05, 4.69) is 20.2 Å². The van der Waals surface area contributed by atoms with E-state index < -0.39 is 12.1 Å². The average Bonchev–Trinajstić information content (AvgIpc) is 3.30. The summed E-state index contributed by atoms with van der Waals surface area (Å²) in [6.45, 7) is 3.54. The highest BCUT2D eigenvalue weighted by Gasteiger charge is 2.44. The normalized spacial score (nSPS) is 24.8. The van der Waals surface area contributed by atoms with Crippen LogP contribution in [0.5, 0.6) is 0 Å². The van der Waals surface area contributed by atoms with Gasteiger partial charge in [-0.3, -0.25) is 9.69 Å². The van der Waals surface area contributed by atoms with Crippen LogP contribution in [0.15, 0.2) is 12.5 Å². The SMILES string of the molecule is CNC(=O)COC1COC2(CCCN(Cc3cnc[nH]3)C2)C1.O=C(O)C(F)(F)F. The summed E-state index contributed by atoms with van der Waals surface area (Å²) in [6, 6.07) is 0. The van der Waals surface area contributed by atoms with Gasteiger partial charge < -0.3 is 24.9 Å². The Morgan fingerprint density at radius 3 is 2.83 bits per heavy atom. The number of hydrogen-bond donors (Lipinski definition) is 3. The van der Waals surface area contributed by atoms with Gasteiger partial charge in [-0.25, -0.2) is 9.78 Å². The Hall–Kier alpha value is -2.18. The van der Waals surface area contributed by atoms with Crippen molar-refractivity contribution in [1.29, 1.82) is 0 Å². The minimum atomic E-state index is -5.08. The van der Waals surface area contributed by atoms with Crippen LogP contribution in [-0.2, 0) is 25.6 Å². The van der Waals surface area contributed by atoms with Gasteiger partial charge in [0.2, 0.25) is 5.91 Å². The number of H-pyrrole nitrogens is 1. The summed E-state index contributed by atoms with van der Waals surface area (Å²) in [5.41, 5.74) is 1.01. The van der Waals surface area contributed by atoms with Crippen LogP contribution in [0.1, 0.15) is 25.0 Å². The summed E-state index contributed by atoms with van der Waals surface area (Å²) in [5.74, 6) is -2.85. The molecule has 2 aliphatic heterocycles. The number of likely N-dealkylation sites (tertiary alicyclic amines) is 1. The molecule has 1 aromatic heterocycles. The number of likely N-dealkylation sites (N-methyl/N-ethyl adjacent to an activating group) is 1. The third-order valence-corrected chi connectivity index (χ3v) is 4.71. The van der Waals surface area contributed by atoms with Crippen LogP contribution in [0.4, 0.5) is 13.2 Å². The molecule has 2 saturated heterocycles. The molecule has 2 aliphatic rings. The molecule has 3 N–H and O–H groups in total. The number of carbonyl (C=O) groups is 2. The molecular weight excluding hydrogens is 397 g/mol. The first-order valence-electron chi connectivity index (χ1n) is 9.09. The lowest BCUT2D eigenvalue weighted by atomic mass is 9.89. The topological polar surface area (TPSA) is 117 Å². The zero-order chi connectivity index (χ0) is 21.5. The second-order valence-corrected chi connectivity index (χ2v) is 7.00. The van der Waals surface area contributed by atoms with Gasteiger partial charge in [0, 0.05) is 38.4 Å². The van der Waals surface area contributed by atoms with E-state index in [1.165, 1.54) is 0 Å². The number of aromatic amines is 1. The van der Waals surface area contributed by atoms with E-state index in [4.69, 9.17) is 19.4 Å². The summed E-state index contributed by atoms with van der Waals surface area (Å²) in [6.07, 6.45) is 1.56. The maximum absolute atomic E-state index is 11.3. The van der Waals surface area contributed by atoms with E-state index in [1.807, 2.05) is 6.20 Å². The number of amides is 1. The molecule has 0 radical (unpaired) electrons. The molecule has 29 heavy (non-hydrogen) atoms. The number of aliphatic carboxylic acids is 1. The molecule has 1 aromatic rings. The molecule has 1 amide bonds. The van der Waals surface area contributed by atoms with E-state index in [9.17, 15) is 18.0 Å².